The van der Waals surface area contributed by atoms with Crippen molar-refractivity contribution >= 4 is 11.8 Å². The summed E-state index contributed by atoms with van der Waals surface area (Å²) in [7, 11) is 0. The molecule has 4 N–H and O–H groups in total. The predicted octanol–water partition coefficient (Wildman–Crippen LogP) is 1.05. The number of aromatic nitrogens is 1. The van der Waals surface area contributed by atoms with Crippen molar-refractivity contribution in [1.29, 1.82) is 0 Å². The van der Waals surface area contributed by atoms with E-state index in [9.17, 15) is 9.59 Å². The van der Waals surface area contributed by atoms with E-state index in [1.807, 2.05) is 36.5 Å². The van der Waals surface area contributed by atoms with Crippen LogP contribution in [0.25, 0.3) is 0 Å². The summed E-state index contributed by atoms with van der Waals surface area (Å²) in [5.74, 6) is -0.232. The van der Waals surface area contributed by atoms with Gasteiger partial charge in [0.25, 0.3) is 5.91 Å². The molecule has 1 aliphatic heterocycles. The Hall–Kier alpha value is -2.60. The molecule has 23 heavy (non-hydrogen) atoms. The van der Waals surface area contributed by atoms with Crippen LogP contribution in [0.3, 0.4) is 0 Å². The van der Waals surface area contributed by atoms with E-state index < -0.39 is 0 Å². The number of nitrogens with zero attached hydrogens (tertiary/aromatic N) is 1. The molecule has 0 aliphatic carbocycles. The highest BCUT2D eigenvalue weighted by molar-refractivity contribution is 5.94. The molecule has 3 rings (SSSR count). The van der Waals surface area contributed by atoms with E-state index >= 15 is 0 Å². The molecule has 120 valence electrons. The lowest BCUT2D eigenvalue weighted by molar-refractivity contribution is -0.130. The topological polar surface area (TPSA) is 91.2 Å². The van der Waals surface area contributed by atoms with E-state index in [0.717, 1.165) is 5.69 Å². The van der Waals surface area contributed by atoms with Crippen LogP contribution in [0.2, 0.25) is 0 Å². The Kier molecular flexibility index (Phi) is 4.43. The summed E-state index contributed by atoms with van der Waals surface area (Å²) >= 11 is 0. The van der Waals surface area contributed by atoms with Crippen molar-refractivity contribution < 1.29 is 9.59 Å². The number of likely N-dealkylation sites (tertiary alicyclic amines) is 1. The van der Waals surface area contributed by atoms with E-state index in [2.05, 4.69) is 10.3 Å². The summed E-state index contributed by atoms with van der Waals surface area (Å²) < 4.78 is 0. The van der Waals surface area contributed by atoms with Gasteiger partial charge in [0, 0.05) is 30.0 Å². The predicted molar refractivity (Wildman–Crippen MR) is 86.6 cm³/mol. The Morgan fingerprint density at radius 1 is 1.22 bits per heavy atom. The lowest BCUT2D eigenvalue weighted by Crippen LogP contribution is -2.40. The van der Waals surface area contributed by atoms with E-state index in [1.54, 1.807) is 17.0 Å². The molecule has 0 bridgehead atoms. The minimum absolute atomic E-state index is 0.0312. The van der Waals surface area contributed by atoms with Crippen molar-refractivity contribution in [2.75, 3.05) is 13.1 Å². The number of benzene rings is 1. The highest BCUT2D eigenvalue weighted by Crippen LogP contribution is 2.31. The Bertz CT molecular complexity index is 669. The fourth-order valence-electron chi connectivity index (χ4n) is 3.04. The third kappa shape index (κ3) is 3.27. The van der Waals surface area contributed by atoms with Crippen LogP contribution in [-0.2, 0) is 4.79 Å². The molecule has 2 atom stereocenters. The summed E-state index contributed by atoms with van der Waals surface area (Å²) in [6.07, 6.45) is 2.50. The number of hydrogen-bond acceptors (Lipinski definition) is 3. The number of H-pyrrole nitrogens is 1. The van der Waals surface area contributed by atoms with Crippen LogP contribution in [0.15, 0.2) is 48.7 Å². The molecule has 1 aromatic heterocycles. The zero-order valence-electron chi connectivity index (χ0n) is 12.7. The molecule has 0 saturated carbocycles. The fourth-order valence-corrected chi connectivity index (χ4v) is 3.04. The Labute approximate surface area is 134 Å². The van der Waals surface area contributed by atoms with Gasteiger partial charge in [0.15, 0.2) is 0 Å². The van der Waals surface area contributed by atoms with Crippen LogP contribution in [0, 0.1) is 0 Å². The van der Waals surface area contributed by atoms with Crippen LogP contribution in [-0.4, -0.2) is 40.8 Å². The summed E-state index contributed by atoms with van der Waals surface area (Å²) in [6, 6.07) is 12.7. The van der Waals surface area contributed by atoms with Gasteiger partial charge in [0.2, 0.25) is 5.91 Å². The minimum atomic E-state index is -0.122. The number of rotatable bonds is 4. The van der Waals surface area contributed by atoms with Gasteiger partial charge in [-0.15, -0.1) is 0 Å². The Balaban J connectivity index is 1.72. The molecule has 2 amide bonds. The van der Waals surface area contributed by atoms with Crippen LogP contribution < -0.4 is 11.1 Å². The molecular formula is C17H20N4O2. The molecule has 0 unspecified atom stereocenters. The van der Waals surface area contributed by atoms with E-state index in [1.165, 1.54) is 0 Å². The van der Waals surface area contributed by atoms with Crippen LogP contribution in [0.5, 0.6) is 0 Å². The van der Waals surface area contributed by atoms with Gasteiger partial charge in [0.1, 0.15) is 0 Å². The maximum absolute atomic E-state index is 12.3. The van der Waals surface area contributed by atoms with Crippen molar-refractivity contribution in [2.45, 2.75) is 18.5 Å². The first kappa shape index (κ1) is 15.3. The number of nitrogens with two attached hydrogens (primary N) is 1. The second-order valence-electron chi connectivity index (χ2n) is 5.66. The summed E-state index contributed by atoms with van der Waals surface area (Å²) in [4.78, 5) is 29.3. The zero-order valence-corrected chi connectivity index (χ0v) is 12.7. The maximum atomic E-state index is 12.3. The fraction of sp³-hybridized carbons (Fsp3) is 0.294. The number of hydrogen-bond donors (Lipinski definition) is 3. The van der Waals surface area contributed by atoms with Crippen LogP contribution in [0.4, 0.5) is 0 Å². The standard InChI is InChI=1S/C17H20N4O2/c18-10-16(22)21-11-13(9-15(21)14-7-4-8-19-14)20-17(23)12-5-2-1-3-6-12/h1-8,13,15,19H,9-11,18H2,(H,20,23)/t13-,15+/m1/s1. The quantitative estimate of drug-likeness (QED) is 0.788. The number of nitrogens with one attached hydrogen (secondary N) is 2. The van der Waals surface area contributed by atoms with E-state index in [-0.39, 0.29) is 30.4 Å². The molecule has 1 fully saturated rings. The number of carbonyl (C=O) groups is 2. The van der Waals surface area contributed by atoms with Gasteiger partial charge in [-0.05, 0) is 30.7 Å². The van der Waals surface area contributed by atoms with Gasteiger partial charge in [-0.2, -0.15) is 0 Å². The van der Waals surface area contributed by atoms with Gasteiger partial charge in [-0.3, -0.25) is 9.59 Å². The molecule has 0 radical (unpaired) electrons. The summed E-state index contributed by atoms with van der Waals surface area (Å²) in [6.45, 7) is 0.439. The van der Waals surface area contributed by atoms with Crippen LogP contribution >= 0.6 is 0 Å². The van der Waals surface area contributed by atoms with Gasteiger partial charge in [0.05, 0.1) is 12.6 Å². The monoisotopic (exact) mass is 312 g/mol. The molecule has 6 nitrogen and oxygen atoms in total. The SMILES string of the molecule is NCC(=O)N1C[C@H](NC(=O)c2ccccc2)C[C@H]1c1ccc[nH]1. The number of aromatic amines is 1. The van der Waals surface area contributed by atoms with Crippen molar-refractivity contribution in [1.82, 2.24) is 15.2 Å². The largest absolute Gasteiger partial charge is 0.363 e. The third-order valence-electron chi connectivity index (χ3n) is 4.15. The smallest absolute Gasteiger partial charge is 0.251 e. The molecule has 2 aromatic rings. The average Bonchev–Trinajstić information content (AvgIpc) is 3.24. The molecule has 0 spiro atoms. The van der Waals surface area contributed by atoms with Gasteiger partial charge in [-0.25, -0.2) is 0 Å². The zero-order chi connectivity index (χ0) is 16.2. The first-order chi connectivity index (χ1) is 11.2. The first-order valence-electron chi connectivity index (χ1n) is 7.67. The summed E-state index contributed by atoms with van der Waals surface area (Å²) in [5, 5.41) is 3.01. The van der Waals surface area contributed by atoms with Crippen LogP contribution in [0.1, 0.15) is 28.5 Å². The first-order valence-corrected chi connectivity index (χ1v) is 7.67. The lowest BCUT2D eigenvalue weighted by atomic mass is 10.1. The number of amides is 2. The van der Waals surface area contributed by atoms with Gasteiger partial charge >= 0.3 is 0 Å². The molecule has 1 saturated heterocycles. The highest BCUT2D eigenvalue weighted by atomic mass is 16.2. The van der Waals surface area contributed by atoms with Crippen molar-refractivity contribution in [2.24, 2.45) is 5.73 Å². The summed E-state index contributed by atoms with van der Waals surface area (Å²) in [5.41, 5.74) is 7.10. The Morgan fingerprint density at radius 2 is 2.00 bits per heavy atom. The molecule has 2 heterocycles. The van der Waals surface area contributed by atoms with Crippen molar-refractivity contribution in [3.05, 3.63) is 59.9 Å². The van der Waals surface area contributed by atoms with E-state index in [4.69, 9.17) is 5.73 Å². The Morgan fingerprint density at radius 3 is 2.65 bits per heavy atom. The molecular weight excluding hydrogens is 292 g/mol. The van der Waals surface area contributed by atoms with Crippen molar-refractivity contribution in [3.63, 3.8) is 0 Å². The second kappa shape index (κ2) is 6.66. The molecule has 1 aliphatic rings. The van der Waals surface area contributed by atoms with Crippen molar-refractivity contribution in [3.8, 4) is 0 Å². The third-order valence-corrected chi connectivity index (χ3v) is 4.15. The highest BCUT2D eigenvalue weighted by Gasteiger charge is 2.36. The minimum Gasteiger partial charge on any atom is -0.363 e. The molecule has 1 aromatic carbocycles. The van der Waals surface area contributed by atoms with Gasteiger partial charge < -0.3 is 20.9 Å². The lowest BCUT2D eigenvalue weighted by Gasteiger charge is -2.23. The van der Waals surface area contributed by atoms with Gasteiger partial charge in [-0.1, -0.05) is 18.2 Å². The average molecular weight is 312 g/mol. The maximum Gasteiger partial charge on any atom is 0.251 e. The van der Waals surface area contributed by atoms with E-state index in [0.29, 0.717) is 18.5 Å². The number of carbonyl (C=O) groups excluding carboxylic acids is 2. The second-order valence-corrected chi connectivity index (χ2v) is 5.66. The molecule has 6 heteroatoms. The normalized spacial score (nSPS) is 20.5.